The van der Waals surface area contributed by atoms with E-state index in [1.54, 1.807) is 13.8 Å². The first kappa shape index (κ1) is 23.7. The van der Waals surface area contributed by atoms with Gasteiger partial charge in [0.2, 0.25) is 5.91 Å². The molecular formula is C25H41NO3. The normalized spacial score (nSPS) is 32.3. The van der Waals surface area contributed by atoms with Crippen LogP contribution in [-0.4, -0.2) is 18.5 Å². The Balaban J connectivity index is 2.08. The second-order valence-corrected chi connectivity index (χ2v) is 11.0. The van der Waals surface area contributed by atoms with Crippen molar-refractivity contribution in [3.8, 4) is 0 Å². The number of rotatable bonds is 6. The fourth-order valence-corrected chi connectivity index (χ4v) is 6.62. The highest BCUT2D eigenvalue weighted by atomic mass is 16.5. The van der Waals surface area contributed by atoms with E-state index >= 15 is 0 Å². The number of allylic oxidation sites excluding steroid dienone is 2. The molecule has 0 spiro atoms. The second-order valence-electron chi connectivity index (χ2n) is 11.0. The Morgan fingerprint density at radius 3 is 2.24 bits per heavy atom. The monoisotopic (exact) mass is 403 g/mol. The molecule has 4 heteroatoms. The van der Waals surface area contributed by atoms with Crippen LogP contribution in [0.1, 0.15) is 93.9 Å². The van der Waals surface area contributed by atoms with E-state index < -0.39 is 0 Å². The lowest BCUT2D eigenvalue weighted by Gasteiger charge is -2.56. The summed E-state index contributed by atoms with van der Waals surface area (Å²) in [6, 6.07) is 0. The van der Waals surface area contributed by atoms with Gasteiger partial charge >= 0.3 is 5.97 Å². The van der Waals surface area contributed by atoms with E-state index in [1.165, 1.54) is 19.3 Å². The molecule has 0 saturated heterocycles. The minimum absolute atomic E-state index is 0.0326. The van der Waals surface area contributed by atoms with Gasteiger partial charge in [-0.15, -0.1) is 0 Å². The summed E-state index contributed by atoms with van der Waals surface area (Å²) in [4.78, 5) is 25.0. The summed E-state index contributed by atoms with van der Waals surface area (Å²) in [5.74, 6) is 0.421. The Hall–Kier alpha value is -1.58. The van der Waals surface area contributed by atoms with Crippen molar-refractivity contribution in [2.24, 2.45) is 22.2 Å². The van der Waals surface area contributed by atoms with Gasteiger partial charge in [-0.25, -0.2) is 4.79 Å². The highest BCUT2D eigenvalue weighted by Crippen LogP contribution is 2.60. The summed E-state index contributed by atoms with van der Waals surface area (Å²) in [6.45, 7) is 17.1. The van der Waals surface area contributed by atoms with E-state index in [9.17, 15) is 9.59 Å². The summed E-state index contributed by atoms with van der Waals surface area (Å²) in [7, 11) is 0. The van der Waals surface area contributed by atoms with Crippen molar-refractivity contribution in [3.05, 3.63) is 22.9 Å². The minimum atomic E-state index is -0.332. The quantitative estimate of drug-likeness (QED) is 0.340. The highest BCUT2D eigenvalue weighted by Gasteiger charge is 2.50. The molecule has 2 aliphatic rings. The van der Waals surface area contributed by atoms with Gasteiger partial charge in [0.25, 0.3) is 0 Å². The molecule has 1 N–H and O–H groups in total. The molecule has 0 radical (unpaired) electrons. The number of nitrogens with one attached hydrogen (secondary N) is 1. The van der Waals surface area contributed by atoms with Gasteiger partial charge in [0.15, 0.2) is 0 Å². The van der Waals surface area contributed by atoms with Crippen LogP contribution in [0.5, 0.6) is 0 Å². The molecule has 0 aromatic heterocycles. The maximum Gasteiger partial charge on any atom is 0.334 e. The van der Waals surface area contributed by atoms with Crippen molar-refractivity contribution in [1.82, 2.24) is 5.32 Å². The third kappa shape index (κ3) is 5.96. The number of carbonyl (C=O) groups is 2. The van der Waals surface area contributed by atoms with Crippen LogP contribution in [0.2, 0.25) is 0 Å². The molecule has 3 unspecified atom stereocenters. The van der Waals surface area contributed by atoms with Crippen LogP contribution in [0, 0.1) is 22.2 Å². The van der Waals surface area contributed by atoms with Gasteiger partial charge in [-0.2, -0.15) is 0 Å². The number of ether oxygens (including phenoxy) is 1. The van der Waals surface area contributed by atoms with Crippen molar-refractivity contribution in [2.45, 2.75) is 93.9 Å². The summed E-state index contributed by atoms with van der Waals surface area (Å²) >= 11 is 0. The smallest absolute Gasteiger partial charge is 0.334 e. The standard InChI is InChI=1S/C25H41NO3/c1-9-20(17(3)18(4)22(28)29-10-2)26-21(27)14-24(7)12-19-11-23(5,6)15-25(8,13-19)16-24/h9,19H,10-16H2,1-8H3,(H,26,27)/b18-17+,20-9+. The average molecular weight is 404 g/mol. The fraction of sp³-hybridized carbons (Fsp3) is 0.760. The molecule has 2 aliphatic carbocycles. The lowest BCUT2D eigenvalue weighted by molar-refractivity contribution is -0.138. The largest absolute Gasteiger partial charge is 0.463 e. The zero-order valence-corrected chi connectivity index (χ0v) is 19.8. The zero-order valence-electron chi connectivity index (χ0n) is 19.8. The van der Waals surface area contributed by atoms with Crippen molar-refractivity contribution in [1.29, 1.82) is 0 Å². The van der Waals surface area contributed by atoms with Gasteiger partial charge < -0.3 is 10.1 Å². The van der Waals surface area contributed by atoms with E-state index in [2.05, 4.69) is 33.0 Å². The van der Waals surface area contributed by atoms with Crippen molar-refractivity contribution < 1.29 is 14.3 Å². The number of esters is 1. The predicted octanol–water partition coefficient (Wildman–Crippen LogP) is 5.93. The SMILES string of the molecule is C/C=C(NC(=O)CC1(C)CC2CC(C)(C)CC(C)(C2)C1)\C(C)=C(/C)C(=O)OCC. The van der Waals surface area contributed by atoms with E-state index in [-0.39, 0.29) is 17.3 Å². The molecule has 164 valence electrons. The number of carbonyl (C=O) groups excluding carboxylic acids is 2. The topological polar surface area (TPSA) is 55.4 Å². The van der Waals surface area contributed by atoms with Crippen molar-refractivity contribution >= 4 is 11.9 Å². The molecule has 2 rings (SSSR count). The van der Waals surface area contributed by atoms with E-state index in [1.807, 2.05) is 19.9 Å². The maximum absolute atomic E-state index is 13.0. The fourth-order valence-electron chi connectivity index (χ4n) is 6.62. The van der Waals surface area contributed by atoms with Gasteiger partial charge in [0.1, 0.15) is 0 Å². The molecule has 1 amide bonds. The summed E-state index contributed by atoms with van der Waals surface area (Å²) in [6.07, 6.45) is 8.43. The second kappa shape index (κ2) is 8.65. The molecule has 0 aromatic carbocycles. The molecule has 4 nitrogen and oxygen atoms in total. The Morgan fingerprint density at radius 2 is 1.69 bits per heavy atom. The highest BCUT2D eigenvalue weighted by molar-refractivity contribution is 5.90. The number of hydrogen-bond donors (Lipinski definition) is 1. The van der Waals surface area contributed by atoms with E-state index in [0.717, 1.165) is 18.4 Å². The third-order valence-corrected chi connectivity index (χ3v) is 6.86. The van der Waals surface area contributed by atoms with Crippen LogP contribution in [0.3, 0.4) is 0 Å². The van der Waals surface area contributed by atoms with Gasteiger partial charge in [0, 0.05) is 17.7 Å². The maximum atomic E-state index is 13.0. The molecule has 2 bridgehead atoms. The Kier molecular flexibility index (Phi) is 7.07. The summed E-state index contributed by atoms with van der Waals surface area (Å²) in [5.41, 5.74) is 2.77. The van der Waals surface area contributed by atoms with Crippen LogP contribution in [0.15, 0.2) is 22.9 Å². The molecule has 3 atom stereocenters. The Bertz CT molecular complexity index is 716. The first-order valence-corrected chi connectivity index (χ1v) is 11.1. The predicted molar refractivity (Wildman–Crippen MR) is 118 cm³/mol. The lowest BCUT2D eigenvalue weighted by atomic mass is 9.49. The van der Waals surface area contributed by atoms with Gasteiger partial charge in [-0.05, 0) is 87.5 Å². The summed E-state index contributed by atoms with van der Waals surface area (Å²) < 4.78 is 5.10. The number of fused-ring (bicyclic) bond motifs is 2. The molecular weight excluding hydrogens is 362 g/mol. The zero-order chi connectivity index (χ0) is 22.0. The lowest BCUT2D eigenvalue weighted by Crippen LogP contribution is -2.46. The molecule has 0 aromatic rings. The van der Waals surface area contributed by atoms with Gasteiger partial charge in [0.05, 0.1) is 6.61 Å². The molecule has 29 heavy (non-hydrogen) atoms. The van der Waals surface area contributed by atoms with Crippen LogP contribution >= 0.6 is 0 Å². The summed E-state index contributed by atoms with van der Waals surface area (Å²) in [5, 5.41) is 3.07. The van der Waals surface area contributed by atoms with Crippen LogP contribution in [-0.2, 0) is 14.3 Å². The molecule has 0 heterocycles. The van der Waals surface area contributed by atoms with Gasteiger partial charge in [-0.3, -0.25) is 4.79 Å². The van der Waals surface area contributed by atoms with Crippen LogP contribution in [0.4, 0.5) is 0 Å². The van der Waals surface area contributed by atoms with Crippen LogP contribution < -0.4 is 5.32 Å². The third-order valence-electron chi connectivity index (χ3n) is 6.86. The van der Waals surface area contributed by atoms with E-state index in [0.29, 0.717) is 41.0 Å². The Labute approximate surface area is 177 Å². The minimum Gasteiger partial charge on any atom is -0.463 e. The first-order chi connectivity index (χ1) is 13.3. The molecule has 0 aliphatic heterocycles. The van der Waals surface area contributed by atoms with E-state index in [4.69, 9.17) is 4.74 Å². The number of amides is 1. The average Bonchev–Trinajstić information content (AvgIpc) is 2.54. The number of hydrogen-bond acceptors (Lipinski definition) is 3. The molecule has 2 saturated carbocycles. The van der Waals surface area contributed by atoms with Crippen LogP contribution in [0.25, 0.3) is 0 Å². The Morgan fingerprint density at radius 1 is 1.03 bits per heavy atom. The van der Waals surface area contributed by atoms with Gasteiger partial charge in [-0.1, -0.05) is 33.8 Å². The molecule has 2 fully saturated rings. The first-order valence-electron chi connectivity index (χ1n) is 11.1. The van der Waals surface area contributed by atoms with Crippen molar-refractivity contribution in [2.75, 3.05) is 6.61 Å². The van der Waals surface area contributed by atoms with Crippen molar-refractivity contribution in [3.63, 3.8) is 0 Å².